The van der Waals surface area contributed by atoms with E-state index in [-0.39, 0.29) is 0 Å². The second-order valence-corrected chi connectivity index (χ2v) is 6.99. The van der Waals surface area contributed by atoms with Crippen molar-refractivity contribution in [3.63, 3.8) is 0 Å². The SMILES string of the molecule is COCc1cc(NC2C3CCOC3C23CCC3)n2ncnc2n1. The fraction of sp³-hybridized carbons (Fsp3) is 0.688. The van der Waals surface area contributed by atoms with Gasteiger partial charge < -0.3 is 14.8 Å². The summed E-state index contributed by atoms with van der Waals surface area (Å²) in [5.41, 5.74) is 1.20. The molecular weight excluding hydrogens is 294 g/mol. The fourth-order valence-electron chi connectivity index (χ4n) is 4.80. The summed E-state index contributed by atoms with van der Waals surface area (Å²) in [4.78, 5) is 8.70. The van der Waals surface area contributed by atoms with Crippen LogP contribution in [0.1, 0.15) is 31.4 Å². The van der Waals surface area contributed by atoms with E-state index >= 15 is 0 Å². The molecule has 1 saturated heterocycles. The molecule has 0 bridgehead atoms. The average molecular weight is 315 g/mol. The highest BCUT2D eigenvalue weighted by molar-refractivity contribution is 5.47. The molecular formula is C16H21N5O2. The van der Waals surface area contributed by atoms with E-state index in [2.05, 4.69) is 20.4 Å². The van der Waals surface area contributed by atoms with Gasteiger partial charge in [-0.05, 0) is 19.3 Å². The number of aromatic nitrogens is 4. The second-order valence-electron chi connectivity index (χ2n) is 6.99. The van der Waals surface area contributed by atoms with E-state index in [1.807, 2.05) is 6.07 Å². The average Bonchev–Trinajstić information content (AvgIpc) is 3.11. The molecule has 5 rings (SSSR count). The standard InChI is InChI=1S/C16H21N5O2/c1-22-8-10-7-12(21-15(19-10)17-9-18-21)20-13-11-3-6-23-14(11)16(13)4-2-5-16/h7,9,11,13-14,20H,2-6,8H2,1H3. The highest BCUT2D eigenvalue weighted by atomic mass is 16.5. The van der Waals surface area contributed by atoms with Crippen LogP contribution in [-0.2, 0) is 16.1 Å². The molecule has 3 fully saturated rings. The number of hydrogen-bond acceptors (Lipinski definition) is 6. The zero-order chi connectivity index (χ0) is 15.4. The first kappa shape index (κ1) is 13.7. The van der Waals surface area contributed by atoms with Crippen molar-refractivity contribution in [1.82, 2.24) is 19.6 Å². The van der Waals surface area contributed by atoms with E-state index < -0.39 is 0 Å². The Balaban J connectivity index is 1.50. The molecule has 23 heavy (non-hydrogen) atoms. The molecule has 3 unspecified atom stereocenters. The zero-order valence-electron chi connectivity index (χ0n) is 13.2. The van der Waals surface area contributed by atoms with Gasteiger partial charge in [-0.3, -0.25) is 0 Å². The number of fused-ring (bicyclic) bond motifs is 3. The van der Waals surface area contributed by atoms with Crippen LogP contribution in [0, 0.1) is 11.3 Å². The highest BCUT2D eigenvalue weighted by Crippen LogP contribution is 2.63. The third kappa shape index (κ3) is 1.80. The van der Waals surface area contributed by atoms with Crippen LogP contribution in [0.15, 0.2) is 12.4 Å². The Kier molecular flexibility index (Phi) is 2.90. The molecule has 3 atom stereocenters. The summed E-state index contributed by atoms with van der Waals surface area (Å²) in [6.45, 7) is 1.38. The van der Waals surface area contributed by atoms with E-state index in [0.29, 0.717) is 35.9 Å². The first-order chi connectivity index (χ1) is 11.3. The first-order valence-corrected chi connectivity index (χ1v) is 8.38. The summed E-state index contributed by atoms with van der Waals surface area (Å²) in [6.07, 6.45) is 7.01. The van der Waals surface area contributed by atoms with Crippen LogP contribution in [0.25, 0.3) is 5.78 Å². The molecule has 2 saturated carbocycles. The number of rotatable bonds is 4. The van der Waals surface area contributed by atoms with Gasteiger partial charge in [0, 0.05) is 37.2 Å². The van der Waals surface area contributed by atoms with Crippen LogP contribution in [0.3, 0.4) is 0 Å². The van der Waals surface area contributed by atoms with Crippen molar-refractivity contribution in [2.24, 2.45) is 11.3 Å². The molecule has 1 N–H and O–H groups in total. The lowest BCUT2D eigenvalue weighted by Gasteiger charge is -2.63. The summed E-state index contributed by atoms with van der Waals surface area (Å²) in [7, 11) is 1.68. The normalized spacial score (nSPS) is 30.9. The Morgan fingerprint density at radius 1 is 1.48 bits per heavy atom. The van der Waals surface area contributed by atoms with E-state index in [0.717, 1.165) is 24.5 Å². The summed E-state index contributed by atoms with van der Waals surface area (Å²) >= 11 is 0. The van der Waals surface area contributed by atoms with E-state index in [1.54, 1.807) is 18.0 Å². The lowest BCUT2D eigenvalue weighted by Crippen LogP contribution is -2.69. The number of nitrogens with zero attached hydrogens (tertiary/aromatic N) is 4. The van der Waals surface area contributed by atoms with Crippen LogP contribution in [0.2, 0.25) is 0 Å². The second kappa shape index (κ2) is 4.88. The van der Waals surface area contributed by atoms with Crippen molar-refractivity contribution in [3.8, 4) is 0 Å². The minimum Gasteiger partial charge on any atom is -0.378 e. The largest absolute Gasteiger partial charge is 0.378 e. The summed E-state index contributed by atoms with van der Waals surface area (Å²) < 4.78 is 13.0. The van der Waals surface area contributed by atoms with Crippen molar-refractivity contribution in [2.45, 2.75) is 44.4 Å². The molecule has 2 aromatic heterocycles. The van der Waals surface area contributed by atoms with Gasteiger partial charge in [0.2, 0.25) is 0 Å². The van der Waals surface area contributed by atoms with Crippen molar-refractivity contribution in [1.29, 1.82) is 0 Å². The Bertz CT molecular complexity index is 741. The molecule has 1 aliphatic heterocycles. The summed E-state index contributed by atoms with van der Waals surface area (Å²) in [6, 6.07) is 2.50. The topological polar surface area (TPSA) is 73.6 Å². The number of ether oxygens (including phenoxy) is 2. The van der Waals surface area contributed by atoms with Crippen LogP contribution in [0.5, 0.6) is 0 Å². The molecule has 3 aliphatic rings. The van der Waals surface area contributed by atoms with E-state index in [1.165, 1.54) is 19.3 Å². The van der Waals surface area contributed by atoms with E-state index in [9.17, 15) is 0 Å². The van der Waals surface area contributed by atoms with Gasteiger partial charge >= 0.3 is 0 Å². The first-order valence-electron chi connectivity index (χ1n) is 8.38. The zero-order valence-corrected chi connectivity index (χ0v) is 13.2. The molecule has 0 radical (unpaired) electrons. The van der Waals surface area contributed by atoms with Gasteiger partial charge in [0.25, 0.3) is 5.78 Å². The predicted molar refractivity (Wildman–Crippen MR) is 83.0 cm³/mol. The van der Waals surface area contributed by atoms with Crippen molar-refractivity contribution in [2.75, 3.05) is 19.0 Å². The van der Waals surface area contributed by atoms with E-state index in [4.69, 9.17) is 9.47 Å². The smallest absolute Gasteiger partial charge is 0.254 e. The van der Waals surface area contributed by atoms with Gasteiger partial charge in [0.1, 0.15) is 12.1 Å². The monoisotopic (exact) mass is 315 g/mol. The minimum absolute atomic E-state index is 0.332. The van der Waals surface area contributed by atoms with Gasteiger partial charge in [0.15, 0.2) is 0 Å². The molecule has 1 spiro atoms. The number of methoxy groups -OCH3 is 1. The third-order valence-electron chi connectivity index (χ3n) is 5.94. The van der Waals surface area contributed by atoms with Gasteiger partial charge in [-0.15, -0.1) is 0 Å². The quantitative estimate of drug-likeness (QED) is 0.924. The van der Waals surface area contributed by atoms with Crippen LogP contribution in [0.4, 0.5) is 5.82 Å². The maximum absolute atomic E-state index is 6.01. The van der Waals surface area contributed by atoms with Gasteiger partial charge in [-0.2, -0.15) is 14.6 Å². The molecule has 7 nitrogen and oxygen atoms in total. The Hall–Kier alpha value is -1.73. The summed E-state index contributed by atoms with van der Waals surface area (Å²) in [5, 5.41) is 8.07. The molecule has 3 heterocycles. The molecule has 7 heteroatoms. The molecule has 2 aromatic rings. The van der Waals surface area contributed by atoms with Crippen molar-refractivity contribution >= 4 is 11.6 Å². The van der Waals surface area contributed by atoms with Gasteiger partial charge in [-0.1, -0.05) is 6.42 Å². The minimum atomic E-state index is 0.332. The van der Waals surface area contributed by atoms with Crippen LogP contribution < -0.4 is 5.32 Å². The maximum atomic E-state index is 6.01. The molecule has 122 valence electrons. The number of nitrogens with one attached hydrogen (secondary N) is 1. The van der Waals surface area contributed by atoms with Gasteiger partial charge in [0.05, 0.1) is 18.4 Å². The Morgan fingerprint density at radius 2 is 2.39 bits per heavy atom. The van der Waals surface area contributed by atoms with Crippen molar-refractivity contribution in [3.05, 3.63) is 18.1 Å². The lowest BCUT2D eigenvalue weighted by molar-refractivity contribution is -0.158. The fourth-order valence-corrected chi connectivity index (χ4v) is 4.80. The summed E-state index contributed by atoms with van der Waals surface area (Å²) in [5.74, 6) is 2.19. The Morgan fingerprint density at radius 3 is 3.17 bits per heavy atom. The number of anilines is 1. The third-order valence-corrected chi connectivity index (χ3v) is 5.94. The van der Waals surface area contributed by atoms with Gasteiger partial charge in [-0.25, -0.2) is 4.98 Å². The maximum Gasteiger partial charge on any atom is 0.254 e. The Labute approximate surface area is 134 Å². The number of hydrogen-bond donors (Lipinski definition) is 1. The van der Waals surface area contributed by atoms with Crippen LogP contribution >= 0.6 is 0 Å². The molecule has 0 aromatic carbocycles. The highest BCUT2D eigenvalue weighted by Gasteiger charge is 2.66. The van der Waals surface area contributed by atoms with Crippen LogP contribution in [-0.4, -0.2) is 45.4 Å². The molecule has 2 aliphatic carbocycles. The molecule has 0 amide bonds. The predicted octanol–water partition coefficient (Wildman–Crippen LogP) is 1.64. The van der Waals surface area contributed by atoms with Crippen molar-refractivity contribution < 1.29 is 9.47 Å². The lowest BCUT2D eigenvalue weighted by atomic mass is 9.46.